The lowest BCUT2D eigenvalue weighted by atomic mass is 9.92. The van der Waals surface area contributed by atoms with Gasteiger partial charge in [0, 0.05) is 6.04 Å². The van der Waals surface area contributed by atoms with Gasteiger partial charge in [-0.25, -0.2) is 0 Å². The zero-order valence-corrected chi connectivity index (χ0v) is 11.7. The van der Waals surface area contributed by atoms with Crippen LogP contribution in [0.4, 0.5) is 0 Å². The van der Waals surface area contributed by atoms with Gasteiger partial charge in [0.05, 0.1) is 0 Å². The van der Waals surface area contributed by atoms with Gasteiger partial charge in [-0.1, -0.05) is 30.3 Å². The predicted octanol–water partition coefficient (Wildman–Crippen LogP) is 2.20. The van der Waals surface area contributed by atoms with Crippen LogP contribution in [0, 0.1) is 5.92 Å². The molecular formula is C14H21ClN2O. The first kappa shape index (κ1) is 15.0. The Balaban J connectivity index is 0.00000162. The van der Waals surface area contributed by atoms with E-state index in [1.165, 1.54) is 12.8 Å². The van der Waals surface area contributed by atoms with Gasteiger partial charge in [-0.15, -0.1) is 12.4 Å². The first-order chi connectivity index (χ1) is 8.01. The number of nitrogens with two attached hydrogens (primary N) is 1. The lowest BCUT2D eigenvalue weighted by Crippen LogP contribution is -2.51. The minimum atomic E-state index is -0.954. The van der Waals surface area contributed by atoms with Crippen molar-refractivity contribution in [2.75, 3.05) is 0 Å². The van der Waals surface area contributed by atoms with Crippen LogP contribution in [0.3, 0.4) is 0 Å². The molecule has 0 radical (unpaired) electrons. The molecule has 0 spiro atoms. The average Bonchev–Trinajstić information content (AvgIpc) is 3.13. The molecule has 3 N–H and O–H groups in total. The van der Waals surface area contributed by atoms with Crippen molar-refractivity contribution >= 4 is 18.3 Å². The fourth-order valence-electron chi connectivity index (χ4n) is 1.99. The van der Waals surface area contributed by atoms with Crippen molar-refractivity contribution in [2.24, 2.45) is 11.7 Å². The van der Waals surface area contributed by atoms with Gasteiger partial charge in [0.25, 0.3) is 0 Å². The van der Waals surface area contributed by atoms with Gasteiger partial charge in [0.2, 0.25) is 5.91 Å². The van der Waals surface area contributed by atoms with Crippen LogP contribution < -0.4 is 11.1 Å². The molecule has 1 aromatic carbocycles. The highest BCUT2D eigenvalue weighted by atomic mass is 35.5. The highest BCUT2D eigenvalue weighted by molar-refractivity contribution is 5.87. The summed E-state index contributed by atoms with van der Waals surface area (Å²) in [6.45, 7) is 3.81. The minimum absolute atomic E-state index is 0. The summed E-state index contributed by atoms with van der Waals surface area (Å²) >= 11 is 0. The second kappa shape index (κ2) is 5.72. The number of rotatable bonds is 4. The van der Waals surface area contributed by atoms with Crippen LogP contribution in [0.2, 0.25) is 0 Å². The fraction of sp³-hybridized carbons (Fsp3) is 0.500. The van der Waals surface area contributed by atoms with Crippen molar-refractivity contribution in [3.05, 3.63) is 35.9 Å². The van der Waals surface area contributed by atoms with E-state index in [4.69, 9.17) is 5.73 Å². The van der Waals surface area contributed by atoms with E-state index in [9.17, 15) is 4.79 Å². The van der Waals surface area contributed by atoms with Crippen LogP contribution in [0.25, 0.3) is 0 Å². The van der Waals surface area contributed by atoms with Crippen molar-refractivity contribution in [3.63, 3.8) is 0 Å². The molecule has 0 aliphatic heterocycles. The van der Waals surface area contributed by atoms with E-state index in [0.717, 1.165) is 5.56 Å². The molecule has 2 rings (SSSR count). The lowest BCUT2D eigenvalue weighted by molar-refractivity contribution is -0.126. The Labute approximate surface area is 115 Å². The van der Waals surface area contributed by atoms with Crippen molar-refractivity contribution in [1.82, 2.24) is 5.32 Å². The Kier molecular flexibility index (Phi) is 4.77. The molecule has 1 aromatic rings. The van der Waals surface area contributed by atoms with Crippen LogP contribution in [-0.4, -0.2) is 11.9 Å². The van der Waals surface area contributed by atoms with Crippen molar-refractivity contribution in [2.45, 2.75) is 38.3 Å². The van der Waals surface area contributed by atoms with E-state index < -0.39 is 5.54 Å². The van der Waals surface area contributed by atoms with E-state index in [2.05, 4.69) is 12.2 Å². The average molecular weight is 269 g/mol. The molecule has 0 heterocycles. The van der Waals surface area contributed by atoms with Gasteiger partial charge in [-0.05, 0) is 38.2 Å². The van der Waals surface area contributed by atoms with E-state index in [-0.39, 0.29) is 24.4 Å². The van der Waals surface area contributed by atoms with Crippen molar-refractivity contribution in [3.8, 4) is 0 Å². The van der Waals surface area contributed by atoms with E-state index in [1.807, 2.05) is 30.3 Å². The zero-order chi connectivity index (χ0) is 12.5. The molecule has 2 unspecified atom stereocenters. The molecule has 0 saturated heterocycles. The van der Waals surface area contributed by atoms with E-state index in [1.54, 1.807) is 6.92 Å². The largest absolute Gasteiger partial charge is 0.351 e. The number of benzene rings is 1. The number of hydrogen-bond acceptors (Lipinski definition) is 2. The topological polar surface area (TPSA) is 55.1 Å². The molecule has 3 nitrogen and oxygen atoms in total. The van der Waals surface area contributed by atoms with Crippen LogP contribution in [0.1, 0.15) is 32.3 Å². The molecule has 2 atom stereocenters. The third-order valence-corrected chi connectivity index (χ3v) is 3.53. The monoisotopic (exact) mass is 268 g/mol. The van der Waals surface area contributed by atoms with E-state index >= 15 is 0 Å². The highest BCUT2D eigenvalue weighted by Crippen LogP contribution is 2.32. The SMILES string of the molecule is CC(NC(=O)C(C)(N)c1ccccc1)C1CC1.Cl. The third-order valence-electron chi connectivity index (χ3n) is 3.53. The Bertz CT molecular complexity index is 402. The number of halogens is 1. The normalized spacial score (nSPS) is 19.3. The Morgan fingerprint density at radius 3 is 2.44 bits per heavy atom. The Morgan fingerprint density at radius 1 is 1.39 bits per heavy atom. The first-order valence-corrected chi connectivity index (χ1v) is 6.17. The predicted molar refractivity (Wildman–Crippen MR) is 75.6 cm³/mol. The van der Waals surface area contributed by atoms with Crippen LogP contribution in [-0.2, 0) is 10.3 Å². The second-order valence-corrected chi connectivity index (χ2v) is 5.17. The summed E-state index contributed by atoms with van der Waals surface area (Å²) in [6.07, 6.45) is 2.43. The molecule has 1 saturated carbocycles. The van der Waals surface area contributed by atoms with Crippen LogP contribution >= 0.6 is 12.4 Å². The molecular weight excluding hydrogens is 248 g/mol. The van der Waals surface area contributed by atoms with Crippen LogP contribution in [0.15, 0.2) is 30.3 Å². The molecule has 4 heteroatoms. The van der Waals surface area contributed by atoms with Gasteiger partial charge in [0.1, 0.15) is 5.54 Å². The van der Waals surface area contributed by atoms with Crippen LogP contribution in [0.5, 0.6) is 0 Å². The maximum atomic E-state index is 12.2. The molecule has 1 fully saturated rings. The van der Waals surface area contributed by atoms with Crippen molar-refractivity contribution < 1.29 is 4.79 Å². The molecule has 0 aromatic heterocycles. The lowest BCUT2D eigenvalue weighted by Gasteiger charge is -2.26. The third kappa shape index (κ3) is 3.24. The summed E-state index contributed by atoms with van der Waals surface area (Å²) < 4.78 is 0. The smallest absolute Gasteiger partial charge is 0.244 e. The maximum Gasteiger partial charge on any atom is 0.244 e. The summed E-state index contributed by atoms with van der Waals surface area (Å²) in [4.78, 5) is 12.2. The molecule has 1 aliphatic rings. The number of carbonyl (C=O) groups excluding carboxylic acids is 1. The van der Waals surface area contributed by atoms with Gasteiger partial charge in [-0.2, -0.15) is 0 Å². The quantitative estimate of drug-likeness (QED) is 0.880. The zero-order valence-electron chi connectivity index (χ0n) is 10.8. The second-order valence-electron chi connectivity index (χ2n) is 5.17. The number of nitrogens with one attached hydrogen (secondary N) is 1. The minimum Gasteiger partial charge on any atom is -0.351 e. The molecule has 0 bridgehead atoms. The van der Waals surface area contributed by atoms with Gasteiger partial charge in [-0.3, -0.25) is 4.79 Å². The Hall–Kier alpha value is -1.06. The highest BCUT2D eigenvalue weighted by Gasteiger charge is 2.35. The number of amides is 1. The summed E-state index contributed by atoms with van der Waals surface area (Å²) in [5.74, 6) is 0.550. The van der Waals surface area contributed by atoms with Gasteiger partial charge in [0.15, 0.2) is 0 Å². The Morgan fingerprint density at radius 2 is 1.94 bits per heavy atom. The summed E-state index contributed by atoms with van der Waals surface area (Å²) in [6, 6.07) is 9.73. The first-order valence-electron chi connectivity index (χ1n) is 6.17. The van der Waals surface area contributed by atoms with Gasteiger partial charge < -0.3 is 11.1 Å². The molecule has 100 valence electrons. The standard InChI is InChI=1S/C14H20N2O.ClH/c1-10(11-8-9-11)16-13(17)14(2,15)12-6-4-3-5-7-12;/h3-7,10-11H,8-9,15H2,1-2H3,(H,16,17);1H. The summed E-state index contributed by atoms with van der Waals surface area (Å²) in [5, 5.41) is 3.02. The fourth-order valence-corrected chi connectivity index (χ4v) is 1.99. The molecule has 1 aliphatic carbocycles. The van der Waals surface area contributed by atoms with E-state index in [0.29, 0.717) is 5.92 Å². The molecule has 18 heavy (non-hydrogen) atoms. The number of hydrogen-bond donors (Lipinski definition) is 2. The maximum absolute atomic E-state index is 12.2. The number of carbonyl (C=O) groups is 1. The summed E-state index contributed by atoms with van der Waals surface area (Å²) in [5.41, 5.74) is 6.03. The molecule has 1 amide bonds. The summed E-state index contributed by atoms with van der Waals surface area (Å²) in [7, 11) is 0. The van der Waals surface area contributed by atoms with Gasteiger partial charge >= 0.3 is 0 Å². The van der Waals surface area contributed by atoms with Crippen molar-refractivity contribution in [1.29, 1.82) is 0 Å².